The third-order valence-electron chi connectivity index (χ3n) is 5.53. The first kappa shape index (κ1) is 16.3. The second kappa shape index (κ2) is 6.64. The molecule has 25 heavy (non-hydrogen) atoms. The Bertz CT molecular complexity index is 741. The van der Waals surface area contributed by atoms with Gasteiger partial charge in [0.25, 0.3) is 0 Å². The average Bonchev–Trinajstić information content (AvgIpc) is 3.07. The van der Waals surface area contributed by atoms with Crippen LogP contribution in [-0.2, 0) is 6.42 Å². The lowest BCUT2D eigenvalue weighted by Gasteiger charge is -2.20. The summed E-state index contributed by atoms with van der Waals surface area (Å²) < 4.78 is 5.97. The second-order valence-corrected chi connectivity index (χ2v) is 7.50. The molecule has 1 fully saturated rings. The van der Waals surface area contributed by atoms with Crippen molar-refractivity contribution in [3.8, 4) is 5.88 Å². The third kappa shape index (κ3) is 3.33. The monoisotopic (exact) mass is 339 g/mol. The summed E-state index contributed by atoms with van der Waals surface area (Å²) in [4.78, 5) is 8.60. The van der Waals surface area contributed by atoms with Gasteiger partial charge in [-0.25, -0.2) is 9.97 Å². The van der Waals surface area contributed by atoms with Gasteiger partial charge >= 0.3 is 0 Å². The fraction of sp³-hybridized carbons (Fsp3) is 0.500. The van der Waals surface area contributed by atoms with Crippen LogP contribution >= 0.6 is 0 Å². The van der Waals surface area contributed by atoms with Crippen molar-refractivity contribution in [3.05, 3.63) is 47.8 Å². The molecule has 5 heteroatoms. The number of anilines is 1. The van der Waals surface area contributed by atoms with Gasteiger partial charge in [0.2, 0.25) is 5.88 Å². The van der Waals surface area contributed by atoms with Crippen LogP contribution in [0.3, 0.4) is 0 Å². The number of hydrogen-bond donors (Lipinski definition) is 2. The van der Waals surface area contributed by atoms with Gasteiger partial charge in [0.15, 0.2) is 0 Å². The molecule has 2 aliphatic carbocycles. The molecule has 1 aromatic carbocycles. The summed E-state index contributed by atoms with van der Waals surface area (Å²) in [5, 5.41) is 13.4. The lowest BCUT2D eigenvalue weighted by Crippen LogP contribution is -2.17. The molecule has 0 saturated heterocycles. The van der Waals surface area contributed by atoms with E-state index in [0.717, 1.165) is 18.7 Å². The number of benzene rings is 1. The normalized spacial score (nSPS) is 30.9. The largest absolute Gasteiger partial charge is 0.474 e. The van der Waals surface area contributed by atoms with Gasteiger partial charge in [-0.3, -0.25) is 0 Å². The highest BCUT2D eigenvalue weighted by molar-refractivity contribution is 5.45. The SMILES string of the molecule is C[C@H]1Cc2ccccc2[C@H]1Nc1cc(O[C@@H]2C[C@H](C)[C@@H](O)C2)ncn1. The van der Waals surface area contributed by atoms with Gasteiger partial charge in [0, 0.05) is 12.5 Å². The van der Waals surface area contributed by atoms with Crippen LogP contribution in [0.15, 0.2) is 36.7 Å². The van der Waals surface area contributed by atoms with E-state index in [0.29, 0.717) is 18.2 Å². The molecule has 0 unspecified atom stereocenters. The predicted octanol–water partition coefficient (Wildman–Crippen LogP) is 3.36. The van der Waals surface area contributed by atoms with Gasteiger partial charge in [-0.15, -0.1) is 0 Å². The van der Waals surface area contributed by atoms with Crippen molar-refractivity contribution < 1.29 is 9.84 Å². The van der Waals surface area contributed by atoms with Gasteiger partial charge in [0.1, 0.15) is 18.2 Å². The van der Waals surface area contributed by atoms with Crippen LogP contribution in [0, 0.1) is 11.8 Å². The Kier molecular flexibility index (Phi) is 4.34. The van der Waals surface area contributed by atoms with Crippen molar-refractivity contribution in [2.45, 2.75) is 51.4 Å². The number of aromatic nitrogens is 2. The maximum Gasteiger partial charge on any atom is 0.218 e. The number of aliphatic hydroxyl groups is 1. The minimum absolute atomic E-state index is 0.0267. The van der Waals surface area contributed by atoms with E-state index in [1.807, 2.05) is 6.07 Å². The lowest BCUT2D eigenvalue weighted by atomic mass is 10.0. The Labute approximate surface area is 148 Å². The first-order valence-corrected chi connectivity index (χ1v) is 9.11. The molecular weight excluding hydrogens is 314 g/mol. The molecule has 0 bridgehead atoms. The van der Waals surface area contributed by atoms with Gasteiger partial charge in [-0.05, 0) is 35.8 Å². The van der Waals surface area contributed by atoms with Crippen LogP contribution in [-0.4, -0.2) is 27.3 Å². The van der Waals surface area contributed by atoms with Crippen LogP contribution in [0.5, 0.6) is 5.88 Å². The Morgan fingerprint density at radius 2 is 1.96 bits per heavy atom. The molecule has 1 aromatic heterocycles. The fourth-order valence-electron chi connectivity index (χ4n) is 4.09. The zero-order valence-electron chi connectivity index (χ0n) is 14.7. The zero-order chi connectivity index (χ0) is 17.4. The standard InChI is InChI=1S/C20H25N3O2/c1-12-8-15(9-17(12)24)25-19-10-18(21-11-22-19)23-20-13(2)7-14-5-3-4-6-16(14)20/h3-6,10-13,15,17,20,24H,7-9H2,1-2H3,(H,21,22,23)/t12-,13-,15+,17-,20-/m0/s1. The summed E-state index contributed by atoms with van der Waals surface area (Å²) in [6.45, 7) is 4.32. The van der Waals surface area contributed by atoms with Crippen molar-refractivity contribution in [2.75, 3.05) is 5.32 Å². The molecule has 0 radical (unpaired) electrons. The highest BCUT2D eigenvalue weighted by Crippen LogP contribution is 2.38. The average molecular weight is 339 g/mol. The van der Waals surface area contributed by atoms with E-state index in [-0.39, 0.29) is 24.2 Å². The number of fused-ring (bicyclic) bond motifs is 1. The van der Waals surface area contributed by atoms with E-state index >= 15 is 0 Å². The molecule has 1 heterocycles. The van der Waals surface area contributed by atoms with Gasteiger partial charge in [-0.2, -0.15) is 0 Å². The number of hydrogen-bond acceptors (Lipinski definition) is 5. The molecular formula is C20H25N3O2. The maximum absolute atomic E-state index is 9.89. The summed E-state index contributed by atoms with van der Waals surface area (Å²) in [7, 11) is 0. The fourth-order valence-corrected chi connectivity index (χ4v) is 4.09. The highest BCUT2D eigenvalue weighted by atomic mass is 16.5. The minimum atomic E-state index is -0.278. The van der Waals surface area contributed by atoms with E-state index < -0.39 is 0 Å². The van der Waals surface area contributed by atoms with Crippen LogP contribution in [0.4, 0.5) is 5.82 Å². The van der Waals surface area contributed by atoms with E-state index in [1.165, 1.54) is 17.5 Å². The number of aliphatic hydroxyl groups excluding tert-OH is 1. The van der Waals surface area contributed by atoms with E-state index in [2.05, 4.69) is 53.4 Å². The summed E-state index contributed by atoms with van der Waals surface area (Å²) >= 11 is 0. The molecule has 2 aromatic rings. The summed E-state index contributed by atoms with van der Waals surface area (Å²) in [5.41, 5.74) is 2.76. The number of nitrogens with zero attached hydrogens (tertiary/aromatic N) is 2. The van der Waals surface area contributed by atoms with Gasteiger partial charge in [-0.1, -0.05) is 38.1 Å². The Balaban J connectivity index is 1.47. The number of nitrogens with one attached hydrogen (secondary N) is 1. The number of ether oxygens (including phenoxy) is 1. The number of rotatable bonds is 4. The molecule has 1 saturated carbocycles. The third-order valence-corrected chi connectivity index (χ3v) is 5.53. The van der Waals surface area contributed by atoms with Crippen LogP contribution in [0.25, 0.3) is 0 Å². The van der Waals surface area contributed by atoms with E-state index in [4.69, 9.17) is 4.74 Å². The van der Waals surface area contributed by atoms with Gasteiger partial charge in [0.05, 0.1) is 12.1 Å². The van der Waals surface area contributed by atoms with Crippen LogP contribution in [0.2, 0.25) is 0 Å². The lowest BCUT2D eigenvalue weighted by molar-refractivity contribution is 0.128. The van der Waals surface area contributed by atoms with Crippen molar-refractivity contribution in [2.24, 2.45) is 11.8 Å². The maximum atomic E-state index is 9.89. The molecule has 0 spiro atoms. The Morgan fingerprint density at radius 3 is 2.76 bits per heavy atom. The summed E-state index contributed by atoms with van der Waals surface area (Å²) in [6, 6.07) is 10.7. The molecule has 2 aliphatic rings. The predicted molar refractivity (Wildman–Crippen MR) is 96.5 cm³/mol. The summed E-state index contributed by atoms with van der Waals surface area (Å²) in [6.07, 6.45) is 3.90. The van der Waals surface area contributed by atoms with Gasteiger partial charge < -0.3 is 15.2 Å². The minimum Gasteiger partial charge on any atom is -0.474 e. The van der Waals surface area contributed by atoms with Crippen molar-refractivity contribution in [1.82, 2.24) is 9.97 Å². The summed E-state index contributed by atoms with van der Waals surface area (Å²) in [5.74, 6) is 2.15. The molecule has 4 rings (SSSR count). The van der Waals surface area contributed by atoms with E-state index in [1.54, 1.807) is 0 Å². The van der Waals surface area contributed by atoms with Crippen molar-refractivity contribution >= 4 is 5.82 Å². The molecule has 2 N–H and O–H groups in total. The first-order valence-electron chi connectivity index (χ1n) is 9.11. The molecule has 5 atom stereocenters. The van der Waals surface area contributed by atoms with E-state index in [9.17, 15) is 5.11 Å². The molecule has 0 aliphatic heterocycles. The quantitative estimate of drug-likeness (QED) is 0.894. The highest BCUT2D eigenvalue weighted by Gasteiger charge is 2.32. The molecule has 0 amide bonds. The molecule has 5 nitrogen and oxygen atoms in total. The van der Waals surface area contributed by atoms with Crippen LogP contribution < -0.4 is 10.1 Å². The first-order chi connectivity index (χ1) is 12.1. The van der Waals surface area contributed by atoms with Crippen LogP contribution in [0.1, 0.15) is 43.9 Å². The zero-order valence-corrected chi connectivity index (χ0v) is 14.7. The smallest absolute Gasteiger partial charge is 0.218 e. The second-order valence-electron chi connectivity index (χ2n) is 7.50. The Hall–Kier alpha value is -2.14. The van der Waals surface area contributed by atoms with Crippen molar-refractivity contribution in [1.29, 1.82) is 0 Å². The topological polar surface area (TPSA) is 67.3 Å². The Morgan fingerprint density at radius 1 is 1.12 bits per heavy atom. The van der Waals surface area contributed by atoms with Crippen molar-refractivity contribution in [3.63, 3.8) is 0 Å². The molecule has 132 valence electrons.